The van der Waals surface area contributed by atoms with E-state index in [2.05, 4.69) is 11.4 Å². The van der Waals surface area contributed by atoms with E-state index in [1.165, 1.54) is 0 Å². The smallest absolute Gasteiger partial charge is 0.296 e. The van der Waals surface area contributed by atoms with E-state index in [1.807, 2.05) is 0 Å². The summed E-state index contributed by atoms with van der Waals surface area (Å²) in [5, 5.41) is 21.5. The van der Waals surface area contributed by atoms with Crippen LogP contribution in [0.15, 0.2) is 24.3 Å². The number of nitro groups is 1. The first-order valence-corrected chi connectivity index (χ1v) is 5.28. The van der Waals surface area contributed by atoms with Crippen molar-refractivity contribution in [3.63, 3.8) is 0 Å². The van der Waals surface area contributed by atoms with Crippen LogP contribution < -0.4 is 5.32 Å². The Labute approximate surface area is 104 Å². The van der Waals surface area contributed by atoms with E-state index in [1.54, 1.807) is 38.1 Å². The molecule has 6 heteroatoms. The van der Waals surface area contributed by atoms with Crippen molar-refractivity contribution in [2.24, 2.45) is 0 Å². The number of nitrogens with zero attached hydrogens (tertiary/aromatic N) is 2. The molecule has 0 atom stereocenters. The van der Waals surface area contributed by atoms with Crippen LogP contribution in [0.4, 0.5) is 5.69 Å². The number of amides is 1. The number of nitrogens with one attached hydrogen (secondary N) is 1. The Morgan fingerprint density at radius 1 is 1.44 bits per heavy atom. The van der Waals surface area contributed by atoms with Crippen LogP contribution in [0.3, 0.4) is 0 Å². The molecule has 6 nitrogen and oxygen atoms in total. The molecular formula is C12H13N3O3. The van der Waals surface area contributed by atoms with E-state index in [-0.39, 0.29) is 0 Å². The lowest BCUT2D eigenvalue weighted by Gasteiger charge is -2.15. The summed E-state index contributed by atoms with van der Waals surface area (Å²) in [6.07, 6.45) is 0. The summed E-state index contributed by atoms with van der Waals surface area (Å²) in [6.45, 7) is 2.81. The minimum Gasteiger partial charge on any atom is -0.320 e. The Balaban J connectivity index is 2.76. The van der Waals surface area contributed by atoms with E-state index < -0.39 is 22.8 Å². The van der Waals surface area contributed by atoms with Crippen molar-refractivity contribution in [1.82, 2.24) is 0 Å². The average Bonchev–Trinajstić information content (AvgIpc) is 2.28. The third-order valence-corrected chi connectivity index (χ3v) is 2.44. The van der Waals surface area contributed by atoms with Gasteiger partial charge in [0.05, 0.1) is 11.5 Å². The van der Waals surface area contributed by atoms with Gasteiger partial charge in [-0.1, -0.05) is 12.1 Å². The fraction of sp³-hybridized carbons (Fsp3) is 0.333. The van der Waals surface area contributed by atoms with E-state index in [9.17, 15) is 14.9 Å². The second-order valence-corrected chi connectivity index (χ2v) is 4.35. The first-order valence-electron chi connectivity index (χ1n) is 5.28. The SMILES string of the molecule is CC(C)(C#N)c1ccc(NC(=O)C[N+](=O)[O-])cc1. The van der Waals surface area contributed by atoms with E-state index >= 15 is 0 Å². The van der Waals surface area contributed by atoms with Gasteiger partial charge in [-0.25, -0.2) is 0 Å². The molecule has 1 aromatic rings. The van der Waals surface area contributed by atoms with Crippen molar-refractivity contribution >= 4 is 11.6 Å². The summed E-state index contributed by atoms with van der Waals surface area (Å²) in [4.78, 5) is 20.6. The van der Waals surface area contributed by atoms with Gasteiger partial charge < -0.3 is 5.32 Å². The molecular weight excluding hydrogens is 234 g/mol. The standard InChI is InChI=1S/C12H13N3O3/c1-12(2,8-13)9-3-5-10(6-4-9)14-11(16)7-15(17)18/h3-6H,7H2,1-2H3,(H,14,16). The molecule has 1 N–H and O–H groups in total. The van der Waals surface area contributed by atoms with Gasteiger partial charge in [0.25, 0.3) is 12.5 Å². The molecule has 1 amide bonds. The lowest BCUT2D eigenvalue weighted by atomic mass is 9.86. The van der Waals surface area contributed by atoms with Gasteiger partial charge >= 0.3 is 0 Å². The molecule has 0 saturated heterocycles. The van der Waals surface area contributed by atoms with Crippen LogP contribution in [-0.2, 0) is 10.2 Å². The number of nitriles is 1. The predicted molar refractivity (Wildman–Crippen MR) is 65.6 cm³/mol. The molecule has 0 aliphatic heterocycles. The van der Waals surface area contributed by atoms with E-state index in [0.29, 0.717) is 5.69 Å². The lowest BCUT2D eigenvalue weighted by Crippen LogP contribution is -2.21. The number of hydrogen-bond acceptors (Lipinski definition) is 4. The average molecular weight is 247 g/mol. The van der Waals surface area contributed by atoms with E-state index in [4.69, 9.17) is 5.26 Å². The van der Waals surface area contributed by atoms with Crippen LogP contribution in [-0.4, -0.2) is 17.4 Å². The van der Waals surface area contributed by atoms with Crippen LogP contribution >= 0.6 is 0 Å². The van der Waals surface area contributed by atoms with Gasteiger partial charge in [-0.3, -0.25) is 14.9 Å². The Kier molecular flexibility index (Phi) is 4.00. The maximum Gasteiger partial charge on any atom is 0.296 e. The van der Waals surface area contributed by atoms with E-state index in [0.717, 1.165) is 5.56 Å². The van der Waals surface area contributed by atoms with Gasteiger partial charge in [-0.2, -0.15) is 5.26 Å². The normalized spacial score (nSPS) is 10.5. The summed E-state index contributed by atoms with van der Waals surface area (Å²) in [5.41, 5.74) is 0.681. The highest BCUT2D eigenvalue weighted by Crippen LogP contribution is 2.23. The first kappa shape index (κ1) is 13.6. The topological polar surface area (TPSA) is 96.0 Å². The van der Waals surface area contributed by atoms with Crippen molar-refractivity contribution in [3.05, 3.63) is 39.9 Å². The quantitative estimate of drug-likeness (QED) is 0.647. The first-order chi connectivity index (χ1) is 8.35. The maximum absolute atomic E-state index is 11.2. The summed E-state index contributed by atoms with van der Waals surface area (Å²) in [5.74, 6) is -0.674. The minimum atomic E-state index is -0.758. The molecule has 1 rings (SSSR count). The summed E-state index contributed by atoms with van der Waals surface area (Å²) >= 11 is 0. The number of anilines is 1. The van der Waals surface area contributed by atoms with Crippen LogP contribution in [0.5, 0.6) is 0 Å². The number of carbonyl (C=O) groups is 1. The molecule has 0 bridgehead atoms. The fourth-order valence-electron chi connectivity index (χ4n) is 1.35. The third kappa shape index (κ3) is 3.56. The molecule has 0 aliphatic rings. The largest absolute Gasteiger partial charge is 0.320 e. The number of benzene rings is 1. The van der Waals surface area contributed by atoms with Crippen LogP contribution in [0.1, 0.15) is 19.4 Å². The Bertz CT molecular complexity index is 500. The molecule has 0 radical (unpaired) electrons. The van der Waals surface area contributed by atoms with Gasteiger partial charge in [0, 0.05) is 10.6 Å². The molecule has 0 heterocycles. The Hall–Kier alpha value is -2.42. The van der Waals surface area contributed by atoms with Crippen molar-refractivity contribution < 1.29 is 9.72 Å². The summed E-state index contributed by atoms with van der Waals surface area (Å²) in [7, 11) is 0. The molecule has 0 spiro atoms. The third-order valence-electron chi connectivity index (χ3n) is 2.44. The van der Waals surface area contributed by atoms with Gasteiger partial charge in [-0.15, -0.1) is 0 Å². The molecule has 1 aromatic carbocycles. The molecule has 0 unspecified atom stereocenters. The van der Waals surface area contributed by atoms with Crippen molar-refractivity contribution in [1.29, 1.82) is 5.26 Å². The second-order valence-electron chi connectivity index (χ2n) is 4.35. The zero-order valence-corrected chi connectivity index (χ0v) is 10.1. The molecule has 94 valence electrons. The number of carbonyl (C=O) groups excluding carboxylic acids is 1. The minimum absolute atomic E-state index is 0.472. The fourth-order valence-corrected chi connectivity index (χ4v) is 1.35. The highest BCUT2D eigenvalue weighted by Gasteiger charge is 2.19. The monoisotopic (exact) mass is 247 g/mol. The highest BCUT2D eigenvalue weighted by molar-refractivity contribution is 5.91. The molecule has 0 saturated carbocycles. The van der Waals surface area contributed by atoms with Crippen LogP contribution in [0.2, 0.25) is 0 Å². The maximum atomic E-state index is 11.2. The van der Waals surface area contributed by atoms with Crippen LogP contribution in [0.25, 0.3) is 0 Å². The zero-order valence-electron chi connectivity index (χ0n) is 10.1. The number of rotatable bonds is 4. The zero-order chi connectivity index (χ0) is 13.8. The van der Waals surface area contributed by atoms with Crippen molar-refractivity contribution in [3.8, 4) is 6.07 Å². The van der Waals surface area contributed by atoms with Gasteiger partial charge in [0.15, 0.2) is 0 Å². The van der Waals surface area contributed by atoms with Gasteiger partial charge in [-0.05, 0) is 31.5 Å². The summed E-state index contributed by atoms with van der Waals surface area (Å²) < 4.78 is 0. The Morgan fingerprint density at radius 3 is 2.44 bits per heavy atom. The number of hydrogen-bond donors (Lipinski definition) is 1. The molecule has 0 fully saturated rings. The van der Waals surface area contributed by atoms with Gasteiger partial charge in [0.1, 0.15) is 0 Å². The van der Waals surface area contributed by atoms with Crippen molar-refractivity contribution in [2.75, 3.05) is 11.9 Å². The van der Waals surface area contributed by atoms with Crippen LogP contribution in [0, 0.1) is 21.4 Å². The van der Waals surface area contributed by atoms with Crippen molar-refractivity contribution in [2.45, 2.75) is 19.3 Å². The van der Waals surface area contributed by atoms with Gasteiger partial charge in [0.2, 0.25) is 0 Å². The highest BCUT2D eigenvalue weighted by atomic mass is 16.6. The predicted octanol–water partition coefficient (Wildman–Crippen LogP) is 1.70. The molecule has 0 aromatic heterocycles. The molecule has 0 aliphatic carbocycles. The summed E-state index contributed by atoms with van der Waals surface area (Å²) in [6, 6.07) is 8.83. The lowest BCUT2D eigenvalue weighted by molar-refractivity contribution is -0.467. The second kappa shape index (κ2) is 5.27. The molecule has 18 heavy (non-hydrogen) atoms. The Morgan fingerprint density at radius 2 is 2.00 bits per heavy atom.